The van der Waals surface area contributed by atoms with Crippen LogP contribution in [0.2, 0.25) is 0 Å². The summed E-state index contributed by atoms with van der Waals surface area (Å²) in [5.74, 6) is 3.06. The van der Waals surface area contributed by atoms with Crippen LogP contribution in [-0.2, 0) is 38.9 Å². The Morgan fingerprint density at radius 2 is 0.827 bits per heavy atom. The largest absolute Gasteiger partial charge is 0.507 e. The van der Waals surface area contributed by atoms with E-state index in [0.717, 1.165) is 80.0 Å². The normalized spacial score (nSPS) is 17.0. The van der Waals surface area contributed by atoms with Crippen LogP contribution in [0, 0.1) is 0 Å². The van der Waals surface area contributed by atoms with E-state index in [1.54, 1.807) is 0 Å². The molecule has 0 fully saturated rings. The van der Waals surface area contributed by atoms with Crippen LogP contribution in [0.15, 0.2) is 121 Å². The monoisotopic (exact) mass is 686 g/mol. The molecule has 2 N–H and O–H groups in total. The van der Waals surface area contributed by atoms with Crippen LogP contribution in [-0.4, -0.2) is 10.2 Å². The highest BCUT2D eigenvalue weighted by molar-refractivity contribution is 5.55. The van der Waals surface area contributed by atoms with Gasteiger partial charge in [0.25, 0.3) is 0 Å². The molecular weight excluding hydrogens is 641 g/mol. The van der Waals surface area contributed by atoms with Gasteiger partial charge in [0.2, 0.25) is 0 Å². The van der Waals surface area contributed by atoms with Crippen molar-refractivity contribution in [2.75, 3.05) is 0 Å². The number of hydrogen-bond donors (Lipinski definition) is 2. The Morgan fingerprint density at radius 3 is 1.19 bits per heavy atom. The van der Waals surface area contributed by atoms with E-state index in [0.29, 0.717) is 62.2 Å². The Hall–Kier alpha value is -5.48. The molecule has 0 spiro atoms. The summed E-state index contributed by atoms with van der Waals surface area (Å²) >= 11 is 0. The molecule has 5 heterocycles. The molecule has 2 unspecified atom stereocenters. The highest BCUT2D eigenvalue weighted by atomic mass is 16.5. The first kappa shape index (κ1) is 33.7. The van der Waals surface area contributed by atoms with E-state index < -0.39 is 0 Å². The maximum atomic E-state index is 11.8. The molecule has 6 aromatic rings. The molecule has 4 heteroatoms. The van der Waals surface area contributed by atoms with Gasteiger partial charge in [-0.05, 0) is 91.4 Å². The van der Waals surface area contributed by atoms with Crippen LogP contribution in [0.1, 0.15) is 105 Å². The standard InChI is InChI=1S/C48H46O4/c1-3-34-24-31(2)35-20-16-32(17-21-35)29-51-47-41-12-6-13-42(47)26-38-9-5-11-40(46(38)50)28-44-15-7-14-43(27-39-10-4-8-37(25-41)45(39)49)48(44)52-30-33-18-22-36(34)23-19-33/h4-23,31,34,49-50H,3,24-30H2,1-2H3. The van der Waals surface area contributed by atoms with Crippen LogP contribution >= 0.6 is 0 Å². The first-order chi connectivity index (χ1) is 25.4. The van der Waals surface area contributed by atoms with E-state index in [2.05, 4.69) is 98.8 Å². The van der Waals surface area contributed by atoms with E-state index in [1.807, 2.05) is 36.4 Å². The summed E-state index contributed by atoms with van der Waals surface area (Å²) in [6.07, 6.45) is 4.17. The van der Waals surface area contributed by atoms with Gasteiger partial charge in [-0.3, -0.25) is 0 Å². The molecule has 14 bridgehead atoms. The third-order valence-corrected chi connectivity index (χ3v) is 11.2. The highest BCUT2D eigenvalue weighted by Gasteiger charge is 2.21. The zero-order valence-corrected chi connectivity index (χ0v) is 30.1. The van der Waals surface area contributed by atoms with E-state index in [9.17, 15) is 10.2 Å². The Morgan fingerprint density at radius 1 is 0.481 bits per heavy atom. The number of para-hydroxylation sites is 4. The van der Waals surface area contributed by atoms with Gasteiger partial charge >= 0.3 is 0 Å². The van der Waals surface area contributed by atoms with Crippen molar-refractivity contribution in [3.8, 4) is 23.0 Å². The van der Waals surface area contributed by atoms with E-state index in [4.69, 9.17) is 9.47 Å². The fourth-order valence-corrected chi connectivity index (χ4v) is 8.12. The minimum absolute atomic E-state index is 0.297. The van der Waals surface area contributed by atoms with Gasteiger partial charge in [-0.15, -0.1) is 0 Å². The fourth-order valence-electron chi connectivity index (χ4n) is 8.12. The molecule has 0 amide bonds. The number of ether oxygens (including phenoxy) is 2. The van der Waals surface area contributed by atoms with Gasteiger partial charge in [-0.1, -0.05) is 135 Å². The minimum atomic E-state index is 0.297. The maximum Gasteiger partial charge on any atom is 0.126 e. The predicted molar refractivity (Wildman–Crippen MR) is 208 cm³/mol. The summed E-state index contributed by atoms with van der Waals surface area (Å²) in [5.41, 5.74) is 12.2. The van der Waals surface area contributed by atoms with E-state index >= 15 is 0 Å². The fraction of sp³-hybridized carbons (Fsp3) is 0.250. The van der Waals surface area contributed by atoms with Crippen molar-refractivity contribution >= 4 is 0 Å². The third kappa shape index (κ3) is 6.90. The second-order valence-electron chi connectivity index (χ2n) is 14.7. The number of phenols is 2. The minimum Gasteiger partial charge on any atom is -0.507 e. The molecule has 12 rings (SSSR count). The number of phenolic OH excluding ortho intramolecular Hbond substituents is 2. The molecule has 5 aliphatic heterocycles. The molecule has 262 valence electrons. The molecule has 0 radical (unpaired) electrons. The highest BCUT2D eigenvalue weighted by Crippen LogP contribution is 2.39. The van der Waals surface area contributed by atoms with Crippen molar-refractivity contribution in [1.82, 2.24) is 0 Å². The SMILES string of the molecule is CCC1CC(C)c2ccc(cc2)COc2c3cccc2Cc2cccc(c2O)Cc2cccc(c2OCc2ccc1cc2)Cc1cccc(c1O)C3. The Balaban J connectivity index is 1.30. The molecule has 0 saturated carbocycles. The lowest BCUT2D eigenvalue weighted by Gasteiger charge is -2.22. The van der Waals surface area contributed by atoms with Gasteiger partial charge in [0.05, 0.1) is 0 Å². The molecule has 52 heavy (non-hydrogen) atoms. The second kappa shape index (κ2) is 14.6. The lowest BCUT2D eigenvalue weighted by molar-refractivity contribution is 0.300. The van der Waals surface area contributed by atoms with Crippen LogP contribution in [0.3, 0.4) is 0 Å². The lowest BCUT2D eigenvalue weighted by Crippen LogP contribution is -2.07. The molecule has 4 nitrogen and oxygen atoms in total. The van der Waals surface area contributed by atoms with Gasteiger partial charge in [-0.25, -0.2) is 0 Å². The Kier molecular flexibility index (Phi) is 9.47. The Bertz CT molecular complexity index is 2100. The van der Waals surface area contributed by atoms with Crippen LogP contribution in [0.25, 0.3) is 0 Å². The molecule has 6 aliphatic rings. The Labute approximate surface area is 307 Å². The second-order valence-corrected chi connectivity index (χ2v) is 14.7. The van der Waals surface area contributed by atoms with Gasteiger partial charge < -0.3 is 19.7 Å². The molecule has 1 aliphatic carbocycles. The lowest BCUT2D eigenvalue weighted by atomic mass is 9.84. The zero-order chi connectivity index (χ0) is 35.6. The van der Waals surface area contributed by atoms with Crippen molar-refractivity contribution in [2.45, 2.75) is 77.4 Å². The molecule has 6 aromatic carbocycles. The van der Waals surface area contributed by atoms with Gasteiger partial charge in [-0.2, -0.15) is 0 Å². The molecule has 0 saturated heterocycles. The van der Waals surface area contributed by atoms with Crippen molar-refractivity contribution < 1.29 is 19.7 Å². The van der Waals surface area contributed by atoms with Gasteiger partial charge in [0.1, 0.15) is 36.2 Å². The summed E-state index contributed by atoms with van der Waals surface area (Å²) < 4.78 is 13.5. The van der Waals surface area contributed by atoms with Crippen molar-refractivity contribution in [3.05, 3.63) is 188 Å². The van der Waals surface area contributed by atoms with E-state index in [1.165, 1.54) is 11.1 Å². The third-order valence-electron chi connectivity index (χ3n) is 11.2. The number of rotatable bonds is 1. The smallest absolute Gasteiger partial charge is 0.126 e. The van der Waals surface area contributed by atoms with Crippen molar-refractivity contribution in [2.24, 2.45) is 0 Å². The van der Waals surface area contributed by atoms with E-state index in [-0.39, 0.29) is 0 Å². The molecule has 2 atom stereocenters. The van der Waals surface area contributed by atoms with Crippen LogP contribution in [0.5, 0.6) is 23.0 Å². The maximum absolute atomic E-state index is 11.8. The summed E-state index contributed by atoms with van der Waals surface area (Å²) in [7, 11) is 0. The van der Waals surface area contributed by atoms with Crippen LogP contribution in [0.4, 0.5) is 0 Å². The van der Waals surface area contributed by atoms with Gasteiger partial charge in [0, 0.05) is 25.7 Å². The predicted octanol–water partition coefficient (Wildman–Crippen LogP) is 10.9. The van der Waals surface area contributed by atoms with Crippen LogP contribution < -0.4 is 9.47 Å². The average Bonchev–Trinajstić information content (AvgIpc) is 3.16. The summed E-state index contributed by atoms with van der Waals surface area (Å²) in [6, 6.07) is 42.3. The topological polar surface area (TPSA) is 58.9 Å². The van der Waals surface area contributed by atoms with Crippen molar-refractivity contribution in [3.63, 3.8) is 0 Å². The number of fused-ring (bicyclic) bond motifs is 1. The molecular formula is C48H46O4. The average molecular weight is 687 g/mol. The summed E-state index contributed by atoms with van der Waals surface area (Å²) in [4.78, 5) is 0. The first-order valence-corrected chi connectivity index (χ1v) is 18.7. The van der Waals surface area contributed by atoms with Gasteiger partial charge in [0.15, 0.2) is 0 Å². The number of aromatic hydroxyl groups is 2. The quantitative estimate of drug-likeness (QED) is 0.180. The molecule has 0 aromatic heterocycles. The number of hydrogen-bond acceptors (Lipinski definition) is 4. The first-order valence-electron chi connectivity index (χ1n) is 18.7. The summed E-state index contributed by atoms with van der Waals surface area (Å²) in [6.45, 7) is 5.44. The zero-order valence-electron chi connectivity index (χ0n) is 30.1. The van der Waals surface area contributed by atoms with Crippen molar-refractivity contribution in [1.29, 1.82) is 0 Å². The summed E-state index contributed by atoms with van der Waals surface area (Å²) in [5, 5.41) is 23.6. The number of benzene rings is 6.